The van der Waals surface area contributed by atoms with Crippen molar-refractivity contribution in [3.8, 4) is 0 Å². The highest BCUT2D eigenvalue weighted by Crippen LogP contribution is 2.50. The van der Waals surface area contributed by atoms with Gasteiger partial charge in [0.2, 0.25) is 0 Å². The number of hydrogen-bond acceptors (Lipinski definition) is 5. The highest BCUT2D eigenvalue weighted by molar-refractivity contribution is 5.94. The van der Waals surface area contributed by atoms with Gasteiger partial charge in [-0.15, -0.1) is 0 Å². The van der Waals surface area contributed by atoms with E-state index in [0.29, 0.717) is 17.9 Å². The first-order valence-corrected chi connectivity index (χ1v) is 5.43. The largest absolute Gasteiger partial charge is 0.464 e. The zero-order valence-corrected chi connectivity index (χ0v) is 9.36. The third-order valence-corrected chi connectivity index (χ3v) is 3.35. The van der Waals surface area contributed by atoms with Gasteiger partial charge in [0, 0.05) is 5.41 Å². The number of pyridine rings is 1. The number of carbonyl (C=O) groups is 2. The molecule has 0 amide bonds. The Morgan fingerprint density at radius 2 is 2.24 bits per heavy atom. The Kier molecular flexibility index (Phi) is 1.98. The van der Waals surface area contributed by atoms with Crippen LogP contribution in [0.2, 0.25) is 0 Å². The summed E-state index contributed by atoms with van der Waals surface area (Å²) in [6.07, 6.45) is 1.90. The van der Waals surface area contributed by atoms with Crippen molar-refractivity contribution in [3.63, 3.8) is 0 Å². The summed E-state index contributed by atoms with van der Waals surface area (Å²) in [5.74, 6) is -0.844. The van der Waals surface area contributed by atoms with Gasteiger partial charge in [-0.25, -0.2) is 14.6 Å². The SMILES string of the molecule is COC(=O)c1ccc2c(n1)C1(CC1)COC2=O. The molecule has 0 unspecified atom stereocenters. The molecule has 5 nitrogen and oxygen atoms in total. The van der Waals surface area contributed by atoms with Crippen LogP contribution < -0.4 is 0 Å². The first-order chi connectivity index (χ1) is 8.16. The van der Waals surface area contributed by atoms with Crippen LogP contribution in [-0.4, -0.2) is 30.6 Å². The van der Waals surface area contributed by atoms with E-state index in [0.717, 1.165) is 12.8 Å². The second-order valence-corrected chi connectivity index (χ2v) is 4.44. The highest BCUT2D eigenvalue weighted by Gasteiger charge is 2.52. The maximum absolute atomic E-state index is 11.6. The summed E-state index contributed by atoms with van der Waals surface area (Å²) in [6.45, 7) is 0.371. The van der Waals surface area contributed by atoms with Crippen molar-refractivity contribution in [2.45, 2.75) is 18.3 Å². The molecule has 1 aromatic rings. The standard InChI is InChI=1S/C12H11NO4/c1-16-11(15)8-3-2-7-9(13-8)12(4-5-12)6-17-10(7)14/h2-3H,4-6H2,1H3. The molecule has 0 N–H and O–H groups in total. The molecule has 3 rings (SSSR count). The molecule has 1 aliphatic heterocycles. The molecule has 88 valence electrons. The number of carbonyl (C=O) groups excluding carboxylic acids is 2. The summed E-state index contributed by atoms with van der Waals surface area (Å²) in [6, 6.07) is 3.09. The molecule has 1 saturated carbocycles. The Bertz CT molecular complexity index is 519. The van der Waals surface area contributed by atoms with Crippen LogP contribution in [0.25, 0.3) is 0 Å². The topological polar surface area (TPSA) is 65.5 Å². The second-order valence-electron chi connectivity index (χ2n) is 4.44. The van der Waals surface area contributed by atoms with Crippen molar-refractivity contribution in [1.82, 2.24) is 4.98 Å². The summed E-state index contributed by atoms with van der Waals surface area (Å²) < 4.78 is 9.74. The van der Waals surface area contributed by atoms with E-state index >= 15 is 0 Å². The molecule has 0 saturated heterocycles. The van der Waals surface area contributed by atoms with Crippen LogP contribution in [0.3, 0.4) is 0 Å². The zero-order valence-electron chi connectivity index (χ0n) is 9.36. The van der Waals surface area contributed by atoms with Crippen LogP contribution in [-0.2, 0) is 14.9 Å². The number of fused-ring (bicyclic) bond motifs is 2. The highest BCUT2D eigenvalue weighted by atomic mass is 16.5. The van der Waals surface area contributed by atoms with Gasteiger partial charge < -0.3 is 9.47 Å². The first-order valence-electron chi connectivity index (χ1n) is 5.43. The minimum absolute atomic E-state index is 0.146. The Labute approximate surface area is 97.7 Å². The summed E-state index contributed by atoms with van der Waals surface area (Å²) in [5, 5.41) is 0. The summed E-state index contributed by atoms with van der Waals surface area (Å²) in [5.41, 5.74) is 1.26. The molecule has 1 fully saturated rings. The maximum Gasteiger partial charge on any atom is 0.356 e. The summed E-state index contributed by atoms with van der Waals surface area (Å²) in [7, 11) is 1.31. The number of methoxy groups -OCH3 is 1. The second kappa shape index (κ2) is 3.29. The smallest absolute Gasteiger partial charge is 0.356 e. The maximum atomic E-state index is 11.6. The van der Waals surface area contributed by atoms with Crippen molar-refractivity contribution in [3.05, 3.63) is 29.1 Å². The van der Waals surface area contributed by atoms with Gasteiger partial charge in [-0.3, -0.25) is 0 Å². The lowest BCUT2D eigenvalue weighted by Gasteiger charge is -2.23. The molecule has 0 atom stereocenters. The molecule has 17 heavy (non-hydrogen) atoms. The molecule has 0 aromatic carbocycles. The number of cyclic esters (lactones) is 1. The number of ether oxygens (including phenoxy) is 2. The Morgan fingerprint density at radius 1 is 1.47 bits per heavy atom. The van der Waals surface area contributed by atoms with Crippen molar-refractivity contribution in [2.75, 3.05) is 13.7 Å². The molecule has 1 aliphatic carbocycles. The van der Waals surface area contributed by atoms with Gasteiger partial charge in [-0.05, 0) is 25.0 Å². The van der Waals surface area contributed by atoms with Gasteiger partial charge in [0.15, 0.2) is 0 Å². The van der Waals surface area contributed by atoms with Crippen molar-refractivity contribution in [1.29, 1.82) is 0 Å². The van der Waals surface area contributed by atoms with Crippen molar-refractivity contribution < 1.29 is 19.1 Å². The lowest BCUT2D eigenvalue weighted by Crippen LogP contribution is -2.30. The first kappa shape index (κ1) is 10.3. The molecule has 1 spiro atoms. The van der Waals surface area contributed by atoms with Gasteiger partial charge in [0.1, 0.15) is 12.3 Å². The molecular weight excluding hydrogens is 222 g/mol. The average molecular weight is 233 g/mol. The number of rotatable bonds is 1. The van der Waals surface area contributed by atoms with E-state index in [1.54, 1.807) is 6.07 Å². The Morgan fingerprint density at radius 3 is 2.88 bits per heavy atom. The monoisotopic (exact) mass is 233 g/mol. The number of esters is 2. The average Bonchev–Trinajstić information content (AvgIpc) is 3.14. The fourth-order valence-electron chi connectivity index (χ4n) is 2.13. The van der Waals surface area contributed by atoms with Crippen LogP contribution in [0.4, 0.5) is 0 Å². The van der Waals surface area contributed by atoms with Crippen LogP contribution in [0.15, 0.2) is 12.1 Å². The minimum atomic E-state index is -0.484. The van der Waals surface area contributed by atoms with Crippen LogP contribution in [0, 0.1) is 0 Å². The zero-order chi connectivity index (χ0) is 12.0. The summed E-state index contributed by atoms with van der Waals surface area (Å²) >= 11 is 0. The van der Waals surface area contributed by atoms with E-state index in [4.69, 9.17) is 4.74 Å². The van der Waals surface area contributed by atoms with Crippen molar-refractivity contribution >= 4 is 11.9 Å². The van der Waals surface area contributed by atoms with Gasteiger partial charge in [-0.1, -0.05) is 0 Å². The van der Waals surface area contributed by atoms with Crippen LogP contribution in [0.1, 0.15) is 39.4 Å². The normalized spacial score (nSPS) is 19.5. The molecular formula is C12H11NO4. The third-order valence-electron chi connectivity index (χ3n) is 3.35. The van der Waals surface area contributed by atoms with Gasteiger partial charge in [-0.2, -0.15) is 0 Å². The number of nitrogens with zero attached hydrogens (tertiary/aromatic N) is 1. The van der Waals surface area contributed by atoms with Gasteiger partial charge >= 0.3 is 11.9 Å². The lowest BCUT2D eigenvalue weighted by molar-refractivity contribution is 0.0414. The lowest BCUT2D eigenvalue weighted by atomic mass is 9.95. The van der Waals surface area contributed by atoms with E-state index in [9.17, 15) is 9.59 Å². The van der Waals surface area contributed by atoms with Crippen molar-refractivity contribution in [2.24, 2.45) is 0 Å². The van der Waals surface area contributed by atoms with E-state index in [1.807, 2.05) is 0 Å². The molecule has 5 heteroatoms. The number of aromatic nitrogens is 1. The summed E-state index contributed by atoms with van der Waals surface area (Å²) in [4.78, 5) is 27.3. The Hall–Kier alpha value is -1.91. The fourth-order valence-corrected chi connectivity index (χ4v) is 2.13. The molecule has 1 aromatic heterocycles. The molecule has 2 aliphatic rings. The van der Waals surface area contributed by atoms with E-state index in [-0.39, 0.29) is 17.1 Å². The predicted molar refractivity (Wildman–Crippen MR) is 56.8 cm³/mol. The quantitative estimate of drug-likeness (QED) is 0.679. The Balaban J connectivity index is 2.11. The van der Waals surface area contributed by atoms with Gasteiger partial charge in [0.05, 0.1) is 18.4 Å². The minimum Gasteiger partial charge on any atom is -0.464 e. The van der Waals surface area contributed by atoms with Gasteiger partial charge in [0.25, 0.3) is 0 Å². The van der Waals surface area contributed by atoms with E-state index < -0.39 is 5.97 Å². The molecule has 0 radical (unpaired) electrons. The van der Waals surface area contributed by atoms with E-state index in [2.05, 4.69) is 9.72 Å². The van der Waals surface area contributed by atoms with E-state index in [1.165, 1.54) is 13.2 Å². The molecule has 2 heterocycles. The predicted octanol–water partition coefficient (Wildman–Crippen LogP) is 1.07. The molecule has 0 bridgehead atoms. The third kappa shape index (κ3) is 1.42. The number of hydrogen-bond donors (Lipinski definition) is 0. The fraction of sp³-hybridized carbons (Fsp3) is 0.417. The van der Waals surface area contributed by atoms with Crippen LogP contribution in [0.5, 0.6) is 0 Å². The van der Waals surface area contributed by atoms with Crippen LogP contribution >= 0.6 is 0 Å².